The van der Waals surface area contributed by atoms with Gasteiger partial charge >= 0.3 is 0 Å². The van der Waals surface area contributed by atoms with Crippen LogP contribution in [0.5, 0.6) is 5.75 Å². The maximum absolute atomic E-state index is 6.04. The highest BCUT2D eigenvalue weighted by atomic mass is 32.2. The number of hydrogen-bond donors (Lipinski definition) is 1. The van der Waals surface area contributed by atoms with Crippen LogP contribution in [0.4, 0.5) is 0 Å². The van der Waals surface area contributed by atoms with Crippen LogP contribution in [-0.2, 0) is 0 Å². The van der Waals surface area contributed by atoms with Crippen LogP contribution < -0.4 is 10.1 Å². The third-order valence-corrected chi connectivity index (χ3v) is 4.40. The molecule has 1 aliphatic heterocycles. The molecule has 1 N–H and O–H groups in total. The largest absolute Gasteiger partial charge is 0.487 e. The Labute approximate surface area is 114 Å². The van der Waals surface area contributed by atoms with Crippen molar-refractivity contribution in [2.45, 2.75) is 44.1 Å². The lowest BCUT2D eigenvalue weighted by Gasteiger charge is -2.38. The van der Waals surface area contributed by atoms with Gasteiger partial charge in [-0.2, -0.15) is 11.8 Å². The van der Waals surface area contributed by atoms with Crippen molar-refractivity contribution in [3.8, 4) is 5.75 Å². The highest BCUT2D eigenvalue weighted by molar-refractivity contribution is 7.99. The molecule has 0 amide bonds. The van der Waals surface area contributed by atoms with Crippen LogP contribution in [-0.4, -0.2) is 23.7 Å². The van der Waals surface area contributed by atoms with Crippen LogP contribution >= 0.6 is 11.8 Å². The molecule has 0 radical (unpaired) electrons. The van der Waals surface area contributed by atoms with Gasteiger partial charge in [-0.3, -0.25) is 0 Å². The monoisotopic (exact) mass is 265 g/mol. The Hall–Kier alpha value is -0.670. The van der Waals surface area contributed by atoms with Gasteiger partial charge in [-0.1, -0.05) is 25.1 Å². The molecule has 3 heteroatoms. The minimum absolute atomic E-state index is 0.0887. The summed E-state index contributed by atoms with van der Waals surface area (Å²) in [7, 11) is 0. The molecule has 0 fully saturated rings. The second-order valence-electron chi connectivity index (χ2n) is 5.61. The Balaban J connectivity index is 2.14. The molecule has 2 nitrogen and oxygen atoms in total. The van der Waals surface area contributed by atoms with Gasteiger partial charge in [-0.05, 0) is 26.2 Å². The number of hydrogen-bond acceptors (Lipinski definition) is 3. The van der Waals surface area contributed by atoms with Crippen LogP contribution in [0.3, 0.4) is 0 Å². The second kappa shape index (κ2) is 5.54. The molecule has 1 heterocycles. The van der Waals surface area contributed by atoms with Crippen molar-refractivity contribution in [2.75, 3.05) is 12.8 Å². The maximum atomic E-state index is 6.04. The summed E-state index contributed by atoms with van der Waals surface area (Å²) < 4.78 is 6.04. The maximum Gasteiger partial charge on any atom is 0.124 e. The molecular formula is C15H23NOS. The zero-order valence-electron chi connectivity index (χ0n) is 11.7. The van der Waals surface area contributed by atoms with Crippen LogP contribution in [0, 0.1) is 0 Å². The van der Waals surface area contributed by atoms with Crippen molar-refractivity contribution < 1.29 is 4.74 Å². The fourth-order valence-corrected chi connectivity index (χ4v) is 2.64. The first-order valence-electron chi connectivity index (χ1n) is 6.56. The Bertz CT molecular complexity index is 405. The SMILES string of the molecule is CSC(C)CNC1CC(C)(C)Oc2ccccc21. The van der Waals surface area contributed by atoms with E-state index >= 15 is 0 Å². The zero-order chi connectivity index (χ0) is 13.2. The first kappa shape index (κ1) is 13.8. The third-order valence-electron chi connectivity index (χ3n) is 3.43. The lowest BCUT2D eigenvalue weighted by atomic mass is 9.89. The van der Waals surface area contributed by atoms with E-state index in [0.717, 1.165) is 18.7 Å². The smallest absolute Gasteiger partial charge is 0.124 e. The molecule has 0 spiro atoms. The van der Waals surface area contributed by atoms with Crippen molar-refractivity contribution >= 4 is 11.8 Å². The Morgan fingerprint density at radius 3 is 2.89 bits per heavy atom. The molecule has 0 saturated heterocycles. The van der Waals surface area contributed by atoms with Crippen molar-refractivity contribution in [2.24, 2.45) is 0 Å². The number of fused-ring (bicyclic) bond motifs is 1. The van der Waals surface area contributed by atoms with E-state index in [9.17, 15) is 0 Å². The quantitative estimate of drug-likeness (QED) is 0.898. The minimum atomic E-state index is -0.0887. The molecule has 0 aromatic heterocycles. The summed E-state index contributed by atoms with van der Waals surface area (Å²) in [6.45, 7) is 7.62. The van der Waals surface area contributed by atoms with E-state index in [4.69, 9.17) is 4.74 Å². The van der Waals surface area contributed by atoms with Crippen LogP contribution in [0.2, 0.25) is 0 Å². The summed E-state index contributed by atoms with van der Waals surface area (Å²) in [5.74, 6) is 1.03. The average Bonchev–Trinajstić information content (AvgIpc) is 2.34. The Kier molecular flexibility index (Phi) is 4.23. The number of nitrogens with one attached hydrogen (secondary N) is 1. The van der Waals surface area contributed by atoms with Gasteiger partial charge in [0, 0.05) is 29.8 Å². The lowest BCUT2D eigenvalue weighted by Crippen LogP contribution is -2.40. The van der Waals surface area contributed by atoms with E-state index in [-0.39, 0.29) is 5.60 Å². The molecule has 1 aromatic rings. The summed E-state index contributed by atoms with van der Waals surface area (Å²) in [4.78, 5) is 0. The first-order valence-corrected chi connectivity index (χ1v) is 7.85. The van der Waals surface area contributed by atoms with Gasteiger partial charge in [0.15, 0.2) is 0 Å². The molecule has 100 valence electrons. The Morgan fingerprint density at radius 1 is 1.44 bits per heavy atom. The van der Waals surface area contributed by atoms with E-state index in [1.807, 2.05) is 17.8 Å². The minimum Gasteiger partial charge on any atom is -0.487 e. The molecule has 0 saturated carbocycles. The summed E-state index contributed by atoms with van der Waals surface area (Å²) in [6, 6.07) is 8.78. The van der Waals surface area contributed by atoms with E-state index in [1.165, 1.54) is 5.56 Å². The van der Waals surface area contributed by atoms with E-state index < -0.39 is 0 Å². The molecule has 0 aliphatic carbocycles. The van der Waals surface area contributed by atoms with Crippen molar-refractivity contribution in [1.82, 2.24) is 5.32 Å². The number of benzene rings is 1. The highest BCUT2D eigenvalue weighted by Gasteiger charge is 2.33. The fourth-order valence-electron chi connectivity index (χ4n) is 2.38. The normalized spacial score (nSPS) is 23.0. The zero-order valence-corrected chi connectivity index (χ0v) is 12.5. The molecular weight excluding hydrogens is 242 g/mol. The van der Waals surface area contributed by atoms with Gasteiger partial charge in [0.05, 0.1) is 0 Å². The molecule has 18 heavy (non-hydrogen) atoms. The van der Waals surface area contributed by atoms with E-state index in [0.29, 0.717) is 11.3 Å². The van der Waals surface area contributed by atoms with E-state index in [1.54, 1.807) is 0 Å². The topological polar surface area (TPSA) is 21.3 Å². The lowest BCUT2D eigenvalue weighted by molar-refractivity contribution is 0.0662. The molecule has 0 bridgehead atoms. The number of para-hydroxylation sites is 1. The van der Waals surface area contributed by atoms with Crippen LogP contribution in [0.25, 0.3) is 0 Å². The summed E-state index contributed by atoms with van der Waals surface area (Å²) in [5.41, 5.74) is 1.21. The summed E-state index contributed by atoms with van der Waals surface area (Å²) in [5, 5.41) is 4.33. The predicted octanol–water partition coefficient (Wildman–Crippen LogP) is 3.63. The van der Waals surface area contributed by atoms with Gasteiger partial charge in [0.1, 0.15) is 11.4 Å². The fraction of sp³-hybridized carbons (Fsp3) is 0.600. The highest BCUT2D eigenvalue weighted by Crippen LogP contribution is 2.39. The van der Waals surface area contributed by atoms with Crippen molar-refractivity contribution in [1.29, 1.82) is 0 Å². The van der Waals surface area contributed by atoms with Gasteiger partial charge in [0.2, 0.25) is 0 Å². The molecule has 2 atom stereocenters. The second-order valence-corrected chi connectivity index (χ2v) is 6.89. The standard InChI is InChI=1S/C15H23NOS/c1-11(18-4)10-16-13-9-15(2,3)17-14-8-6-5-7-12(13)14/h5-8,11,13,16H,9-10H2,1-4H3. The number of rotatable bonds is 4. The van der Waals surface area contributed by atoms with Crippen LogP contribution in [0.1, 0.15) is 38.8 Å². The first-order chi connectivity index (χ1) is 8.52. The Morgan fingerprint density at radius 2 is 2.17 bits per heavy atom. The van der Waals surface area contributed by atoms with Crippen molar-refractivity contribution in [3.05, 3.63) is 29.8 Å². The average molecular weight is 265 g/mol. The molecule has 2 unspecified atom stereocenters. The van der Waals surface area contributed by atoms with Gasteiger partial charge < -0.3 is 10.1 Å². The molecule has 2 rings (SSSR count). The van der Waals surface area contributed by atoms with E-state index in [2.05, 4.69) is 50.5 Å². The number of ether oxygens (including phenoxy) is 1. The third kappa shape index (κ3) is 3.21. The molecule has 1 aliphatic rings. The van der Waals surface area contributed by atoms with Gasteiger partial charge in [-0.15, -0.1) is 0 Å². The van der Waals surface area contributed by atoms with Gasteiger partial charge in [0.25, 0.3) is 0 Å². The number of thioether (sulfide) groups is 1. The van der Waals surface area contributed by atoms with Crippen molar-refractivity contribution in [3.63, 3.8) is 0 Å². The summed E-state index contributed by atoms with van der Waals surface area (Å²) in [6.07, 6.45) is 3.18. The predicted molar refractivity (Wildman–Crippen MR) is 79.5 cm³/mol. The summed E-state index contributed by atoms with van der Waals surface area (Å²) >= 11 is 1.90. The van der Waals surface area contributed by atoms with Crippen LogP contribution in [0.15, 0.2) is 24.3 Å². The molecule has 1 aromatic carbocycles. The van der Waals surface area contributed by atoms with Gasteiger partial charge in [-0.25, -0.2) is 0 Å².